The van der Waals surface area contributed by atoms with Gasteiger partial charge in [0.2, 0.25) is 0 Å². The van der Waals surface area contributed by atoms with Crippen LogP contribution >= 0.6 is 15.9 Å². The predicted octanol–water partition coefficient (Wildman–Crippen LogP) is 2.70. The van der Waals surface area contributed by atoms with Gasteiger partial charge in [-0.25, -0.2) is 0 Å². The van der Waals surface area contributed by atoms with Crippen LogP contribution in [-0.2, 0) is 6.54 Å². The molecule has 0 radical (unpaired) electrons. The number of nitrogens with zero attached hydrogens (tertiary/aromatic N) is 3. The van der Waals surface area contributed by atoms with Gasteiger partial charge in [-0.2, -0.15) is 5.10 Å². The van der Waals surface area contributed by atoms with E-state index < -0.39 is 0 Å². The first-order valence-electron chi connectivity index (χ1n) is 7.58. The second-order valence-electron chi connectivity index (χ2n) is 6.35. The maximum absolute atomic E-state index is 4.52. The molecular weight excluding hydrogens is 316 g/mol. The Labute approximate surface area is 131 Å². The fraction of sp³-hybridized carbons (Fsp3) is 0.800. The number of rotatable bonds is 8. The highest BCUT2D eigenvalue weighted by Gasteiger charge is 2.25. The molecule has 1 saturated carbocycles. The molecule has 1 N–H and O–H groups in total. The maximum Gasteiger partial charge on any atom is 0.0635 e. The summed E-state index contributed by atoms with van der Waals surface area (Å²) in [6.07, 6.45) is 4.64. The van der Waals surface area contributed by atoms with Crippen molar-refractivity contribution in [1.29, 1.82) is 0 Å². The van der Waals surface area contributed by atoms with Crippen LogP contribution in [0.3, 0.4) is 0 Å². The number of likely N-dealkylation sites (N-methyl/N-ethyl adjacent to an activating group) is 1. The summed E-state index contributed by atoms with van der Waals surface area (Å²) in [5, 5.41) is 8.16. The summed E-state index contributed by atoms with van der Waals surface area (Å²) >= 11 is 3.67. The van der Waals surface area contributed by atoms with Crippen molar-refractivity contribution >= 4 is 15.9 Å². The van der Waals surface area contributed by atoms with Gasteiger partial charge in [0.1, 0.15) is 0 Å². The van der Waals surface area contributed by atoms with Crippen molar-refractivity contribution in [3.8, 4) is 0 Å². The second kappa shape index (κ2) is 7.05. The molecule has 2 atom stereocenters. The van der Waals surface area contributed by atoms with Crippen LogP contribution in [-0.4, -0.2) is 47.9 Å². The molecule has 4 nitrogen and oxygen atoms in total. The lowest BCUT2D eigenvalue weighted by molar-refractivity contribution is 0.357. The summed E-state index contributed by atoms with van der Waals surface area (Å²) in [4.78, 5) is 2.20. The third kappa shape index (κ3) is 4.30. The first kappa shape index (κ1) is 16.0. The molecule has 0 aliphatic heterocycles. The minimum atomic E-state index is 0.500. The molecule has 0 amide bonds. The van der Waals surface area contributed by atoms with Gasteiger partial charge >= 0.3 is 0 Å². The smallest absolute Gasteiger partial charge is 0.0635 e. The van der Waals surface area contributed by atoms with Gasteiger partial charge < -0.3 is 10.2 Å². The Bertz CT molecular complexity index is 426. The van der Waals surface area contributed by atoms with Gasteiger partial charge in [-0.1, -0.05) is 13.8 Å². The lowest BCUT2D eigenvalue weighted by atomic mass is 9.92. The van der Waals surface area contributed by atoms with E-state index in [1.54, 1.807) is 0 Å². The van der Waals surface area contributed by atoms with Crippen LogP contribution in [0.5, 0.6) is 0 Å². The number of halogens is 1. The Balaban J connectivity index is 1.98. The van der Waals surface area contributed by atoms with Crippen molar-refractivity contribution in [2.45, 2.75) is 45.2 Å². The number of hydrogen-bond donors (Lipinski definition) is 1. The zero-order valence-corrected chi connectivity index (χ0v) is 14.7. The molecule has 0 bridgehead atoms. The fourth-order valence-corrected chi connectivity index (χ4v) is 3.04. The molecular formula is C15H27BrN4. The van der Waals surface area contributed by atoms with E-state index in [9.17, 15) is 0 Å². The van der Waals surface area contributed by atoms with E-state index in [-0.39, 0.29) is 0 Å². The van der Waals surface area contributed by atoms with E-state index in [4.69, 9.17) is 0 Å². The van der Waals surface area contributed by atoms with Gasteiger partial charge in [-0.15, -0.1) is 0 Å². The van der Waals surface area contributed by atoms with Crippen LogP contribution in [0.4, 0.5) is 0 Å². The van der Waals surface area contributed by atoms with E-state index in [1.165, 1.54) is 18.5 Å². The third-order valence-electron chi connectivity index (χ3n) is 4.18. The number of aromatic nitrogens is 2. The highest BCUT2D eigenvalue weighted by Crippen LogP contribution is 2.30. The van der Waals surface area contributed by atoms with Crippen molar-refractivity contribution in [3.05, 3.63) is 16.4 Å². The van der Waals surface area contributed by atoms with Crippen LogP contribution in [0.2, 0.25) is 0 Å². The van der Waals surface area contributed by atoms with E-state index in [2.05, 4.69) is 63.9 Å². The summed E-state index contributed by atoms with van der Waals surface area (Å²) in [7, 11) is 4.20. The Morgan fingerprint density at radius 3 is 2.75 bits per heavy atom. The standard InChI is InChI=1S/C15H27BrN4/c1-11(9-17-13-5-6-13)12(2)15-14(16)10-18-20(15)8-7-19(3)4/h10-13,17H,5-9H2,1-4H3. The minimum Gasteiger partial charge on any atom is -0.314 e. The predicted molar refractivity (Wildman–Crippen MR) is 87.1 cm³/mol. The molecule has 0 spiro atoms. The highest BCUT2D eigenvalue weighted by atomic mass is 79.9. The molecule has 20 heavy (non-hydrogen) atoms. The average Bonchev–Trinajstić information content (AvgIpc) is 3.16. The fourth-order valence-electron chi connectivity index (χ4n) is 2.38. The van der Waals surface area contributed by atoms with Crippen LogP contribution in [0.15, 0.2) is 10.7 Å². The SMILES string of the molecule is CC(CNC1CC1)C(C)c1c(Br)cnn1CCN(C)C. The monoisotopic (exact) mass is 342 g/mol. The minimum absolute atomic E-state index is 0.500. The number of hydrogen-bond acceptors (Lipinski definition) is 3. The summed E-state index contributed by atoms with van der Waals surface area (Å²) in [6.45, 7) is 7.70. The maximum atomic E-state index is 4.52. The summed E-state index contributed by atoms with van der Waals surface area (Å²) in [5.41, 5.74) is 1.33. The Morgan fingerprint density at radius 1 is 1.45 bits per heavy atom. The van der Waals surface area contributed by atoms with Gasteiger partial charge in [-0.05, 0) is 55.3 Å². The van der Waals surface area contributed by atoms with Crippen LogP contribution in [0.25, 0.3) is 0 Å². The Hall–Kier alpha value is -0.390. The molecule has 0 aromatic carbocycles. The topological polar surface area (TPSA) is 33.1 Å². The number of nitrogens with one attached hydrogen (secondary N) is 1. The molecule has 114 valence electrons. The van der Waals surface area contributed by atoms with Gasteiger partial charge in [0.05, 0.1) is 22.9 Å². The largest absolute Gasteiger partial charge is 0.314 e. The highest BCUT2D eigenvalue weighted by molar-refractivity contribution is 9.10. The molecule has 1 heterocycles. The van der Waals surface area contributed by atoms with E-state index in [0.29, 0.717) is 11.8 Å². The van der Waals surface area contributed by atoms with Crippen molar-refractivity contribution < 1.29 is 0 Å². The molecule has 1 aromatic rings. The quantitative estimate of drug-likeness (QED) is 0.788. The van der Waals surface area contributed by atoms with Gasteiger partial charge in [0, 0.05) is 18.5 Å². The summed E-state index contributed by atoms with van der Waals surface area (Å²) in [6, 6.07) is 0.784. The van der Waals surface area contributed by atoms with Crippen LogP contribution < -0.4 is 5.32 Å². The first-order chi connectivity index (χ1) is 9.49. The van der Waals surface area contributed by atoms with E-state index in [0.717, 1.165) is 30.1 Å². The van der Waals surface area contributed by atoms with Crippen molar-refractivity contribution in [2.24, 2.45) is 5.92 Å². The van der Waals surface area contributed by atoms with Gasteiger partial charge in [-0.3, -0.25) is 4.68 Å². The van der Waals surface area contributed by atoms with Crippen LogP contribution in [0.1, 0.15) is 38.3 Å². The first-order valence-corrected chi connectivity index (χ1v) is 8.37. The molecule has 1 aliphatic carbocycles. The Kier molecular flexibility index (Phi) is 5.64. The lowest BCUT2D eigenvalue weighted by Crippen LogP contribution is -2.28. The molecule has 2 unspecified atom stereocenters. The van der Waals surface area contributed by atoms with Gasteiger partial charge in [0.25, 0.3) is 0 Å². The zero-order chi connectivity index (χ0) is 14.7. The summed E-state index contributed by atoms with van der Waals surface area (Å²) < 4.78 is 3.30. The van der Waals surface area contributed by atoms with Crippen molar-refractivity contribution in [2.75, 3.05) is 27.2 Å². The second-order valence-corrected chi connectivity index (χ2v) is 7.21. The summed E-state index contributed by atoms with van der Waals surface area (Å²) in [5.74, 6) is 1.11. The molecule has 2 rings (SSSR count). The molecule has 1 aliphatic rings. The molecule has 1 fully saturated rings. The Morgan fingerprint density at radius 2 is 2.15 bits per heavy atom. The van der Waals surface area contributed by atoms with E-state index in [1.807, 2.05) is 6.20 Å². The van der Waals surface area contributed by atoms with Crippen LogP contribution in [0, 0.1) is 5.92 Å². The average molecular weight is 343 g/mol. The normalized spacial score (nSPS) is 18.5. The lowest BCUT2D eigenvalue weighted by Gasteiger charge is -2.23. The molecule has 1 aromatic heterocycles. The van der Waals surface area contributed by atoms with E-state index >= 15 is 0 Å². The third-order valence-corrected chi connectivity index (χ3v) is 4.79. The van der Waals surface area contributed by atoms with Gasteiger partial charge in [0.15, 0.2) is 0 Å². The molecule has 5 heteroatoms. The molecule has 0 saturated heterocycles. The van der Waals surface area contributed by atoms with Crippen molar-refractivity contribution in [3.63, 3.8) is 0 Å². The zero-order valence-electron chi connectivity index (χ0n) is 13.1. The van der Waals surface area contributed by atoms with Crippen molar-refractivity contribution in [1.82, 2.24) is 20.0 Å².